The van der Waals surface area contributed by atoms with Crippen molar-refractivity contribution in [2.45, 2.75) is 0 Å². The summed E-state index contributed by atoms with van der Waals surface area (Å²) in [7, 11) is 3.21. The van der Waals surface area contributed by atoms with Gasteiger partial charge in [0.2, 0.25) is 0 Å². The SMILES string of the molecule is COc1c[nH]cc1OC. The van der Waals surface area contributed by atoms with Crippen LogP contribution in [0.25, 0.3) is 0 Å². The number of rotatable bonds is 2. The van der Waals surface area contributed by atoms with Gasteiger partial charge in [-0.1, -0.05) is 0 Å². The Kier molecular flexibility index (Phi) is 1.63. The zero-order valence-corrected chi connectivity index (χ0v) is 5.47. The first-order valence-electron chi connectivity index (χ1n) is 2.63. The molecule has 3 nitrogen and oxygen atoms in total. The van der Waals surface area contributed by atoms with E-state index >= 15 is 0 Å². The van der Waals surface area contributed by atoms with Gasteiger partial charge in [0.1, 0.15) is 0 Å². The van der Waals surface area contributed by atoms with E-state index in [1.807, 2.05) is 0 Å². The fraction of sp³-hybridized carbons (Fsp3) is 0.333. The molecule has 0 bridgehead atoms. The van der Waals surface area contributed by atoms with Crippen molar-refractivity contribution in [3.05, 3.63) is 12.4 Å². The number of methoxy groups -OCH3 is 2. The number of ether oxygens (including phenoxy) is 2. The Hall–Kier alpha value is -1.12. The van der Waals surface area contributed by atoms with E-state index in [1.165, 1.54) is 0 Å². The maximum absolute atomic E-state index is 4.92. The first-order chi connectivity index (χ1) is 4.38. The lowest BCUT2D eigenvalue weighted by Crippen LogP contribution is -1.84. The lowest BCUT2D eigenvalue weighted by atomic mass is 10.5. The normalized spacial score (nSPS) is 9.11. The number of H-pyrrole nitrogens is 1. The van der Waals surface area contributed by atoms with E-state index in [2.05, 4.69) is 4.98 Å². The average molecular weight is 127 g/mol. The summed E-state index contributed by atoms with van der Waals surface area (Å²) in [5.74, 6) is 1.47. The van der Waals surface area contributed by atoms with Crippen LogP contribution in [0, 0.1) is 0 Å². The maximum atomic E-state index is 4.92. The number of hydrogen-bond acceptors (Lipinski definition) is 2. The van der Waals surface area contributed by atoms with Gasteiger partial charge in [-0.05, 0) is 0 Å². The van der Waals surface area contributed by atoms with Crippen LogP contribution in [0.15, 0.2) is 12.4 Å². The molecule has 50 valence electrons. The van der Waals surface area contributed by atoms with Crippen molar-refractivity contribution < 1.29 is 9.47 Å². The van der Waals surface area contributed by atoms with Gasteiger partial charge in [-0.2, -0.15) is 0 Å². The minimum absolute atomic E-state index is 0.734. The van der Waals surface area contributed by atoms with Crippen molar-refractivity contribution in [1.82, 2.24) is 4.98 Å². The number of nitrogens with one attached hydrogen (secondary N) is 1. The van der Waals surface area contributed by atoms with Crippen LogP contribution >= 0.6 is 0 Å². The molecule has 0 amide bonds. The van der Waals surface area contributed by atoms with Crippen molar-refractivity contribution in [3.8, 4) is 11.5 Å². The lowest BCUT2D eigenvalue weighted by Gasteiger charge is -1.97. The summed E-state index contributed by atoms with van der Waals surface area (Å²) in [6.45, 7) is 0. The van der Waals surface area contributed by atoms with Crippen LogP contribution in [-0.2, 0) is 0 Å². The molecule has 1 rings (SSSR count). The van der Waals surface area contributed by atoms with Crippen molar-refractivity contribution in [1.29, 1.82) is 0 Å². The zero-order valence-electron chi connectivity index (χ0n) is 5.47. The molecule has 0 aliphatic heterocycles. The van der Waals surface area contributed by atoms with Crippen molar-refractivity contribution in [2.75, 3.05) is 14.2 Å². The first-order valence-corrected chi connectivity index (χ1v) is 2.63. The van der Waals surface area contributed by atoms with Gasteiger partial charge in [-0.3, -0.25) is 0 Å². The highest BCUT2D eigenvalue weighted by molar-refractivity contribution is 5.36. The van der Waals surface area contributed by atoms with Crippen molar-refractivity contribution in [3.63, 3.8) is 0 Å². The third kappa shape index (κ3) is 0.988. The molecule has 1 aromatic rings. The van der Waals surface area contributed by atoms with Crippen LogP contribution in [0.2, 0.25) is 0 Å². The topological polar surface area (TPSA) is 34.2 Å². The van der Waals surface area contributed by atoms with E-state index in [1.54, 1.807) is 26.6 Å². The Balaban J connectivity index is 2.85. The molecular formula is C6H9NO2. The molecule has 0 unspecified atom stereocenters. The smallest absolute Gasteiger partial charge is 0.178 e. The summed E-state index contributed by atoms with van der Waals surface area (Å²) in [6, 6.07) is 0. The lowest BCUT2D eigenvalue weighted by molar-refractivity contribution is 0.358. The summed E-state index contributed by atoms with van der Waals surface area (Å²) in [6.07, 6.45) is 3.47. The second kappa shape index (κ2) is 2.44. The maximum Gasteiger partial charge on any atom is 0.178 e. The molecular weight excluding hydrogens is 118 g/mol. The fourth-order valence-electron chi connectivity index (χ4n) is 0.654. The fourth-order valence-corrected chi connectivity index (χ4v) is 0.654. The Morgan fingerprint density at radius 3 is 1.89 bits per heavy atom. The van der Waals surface area contributed by atoms with Crippen LogP contribution in [0.1, 0.15) is 0 Å². The molecule has 1 heterocycles. The molecule has 0 atom stereocenters. The molecule has 0 aliphatic carbocycles. The molecule has 0 spiro atoms. The van der Waals surface area contributed by atoms with E-state index in [4.69, 9.17) is 9.47 Å². The van der Waals surface area contributed by atoms with Crippen molar-refractivity contribution >= 4 is 0 Å². The third-order valence-electron chi connectivity index (χ3n) is 1.11. The van der Waals surface area contributed by atoms with E-state index in [0.29, 0.717) is 0 Å². The molecule has 0 radical (unpaired) electrons. The molecule has 3 heteroatoms. The summed E-state index contributed by atoms with van der Waals surface area (Å²) in [5, 5.41) is 0. The Bertz CT molecular complexity index is 164. The van der Waals surface area contributed by atoms with Gasteiger partial charge in [0.25, 0.3) is 0 Å². The molecule has 0 saturated heterocycles. The monoisotopic (exact) mass is 127 g/mol. The van der Waals surface area contributed by atoms with Gasteiger partial charge in [-0.25, -0.2) is 0 Å². The highest BCUT2D eigenvalue weighted by Gasteiger charge is 1.99. The second-order valence-corrected chi connectivity index (χ2v) is 1.59. The summed E-state index contributed by atoms with van der Waals surface area (Å²) in [5.41, 5.74) is 0. The van der Waals surface area contributed by atoms with Crippen LogP contribution in [0.3, 0.4) is 0 Å². The van der Waals surface area contributed by atoms with E-state index in [9.17, 15) is 0 Å². The van der Waals surface area contributed by atoms with E-state index < -0.39 is 0 Å². The number of hydrogen-bond donors (Lipinski definition) is 1. The highest BCUT2D eigenvalue weighted by atomic mass is 16.5. The molecule has 0 aromatic carbocycles. The predicted octanol–water partition coefficient (Wildman–Crippen LogP) is 1.03. The molecule has 9 heavy (non-hydrogen) atoms. The molecule has 0 fully saturated rings. The Labute approximate surface area is 53.6 Å². The Morgan fingerprint density at radius 1 is 1.11 bits per heavy atom. The standard InChI is InChI=1S/C6H9NO2/c1-8-5-3-7-4-6(5)9-2/h3-4,7H,1-2H3. The third-order valence-corrected chi connectivity index (χ3v) is 1.11. The average Bonchev–Trinajstić information content (AvgIpc) is 2.33. The summed E-state index contributed by atoms with van der Waals surface area (Å²) < 4.78 is 9.84. The van der Waals surface area contributed by atoms with Gasteiger partial charge >= 0.3 is 0 Å². The van der Waals surface area contributed by atoms with Gasteiger partial charge < -0.3 is 14.5 Å². The second-order valence-electron chi connectivity index (χ2n) is 1.59. The van der Waals surface area contributed by atoms with Crippen LogP contribution in [0.4, 0.5) is 0 Å². The molecule has 1 aromatic heterocycles. The van der Waals surface area contributed by atoms with Crippen molar-refractivity contribution in [2.24, 2.45) is 0 Å². The van der Waals surface area contributed by atoms with Crippen LogP contribution in [-0.4, -0.2) is 19.2 Å². The number of aromatic nitrogens is 1. The number of aromatic amines is 1. The minimum atomic E-state index is 0.734. The minimum Gasteiger partial charge on any atom is -0.491 e. The van der Waals surface area contributed by atoms with Gasteiger partial charge in [0.15, 0.2) is 11.5 Å². The van der Waals surface area contributed by atoms with E-state index in [-0.39, 0.29) is 0 Å². The predicted molar refractivity (Wildman–Crippen MR) is 33.9 cm³/mol. The first kappa shape index (κ1) is 6.01. The molecule has 1 N–H and O–H groups in total. The quantitative estimate of drug-likeness (QED) is 0.643. The molecule has 0 aliphatic rings. The molecule has 0 saturated carbocycles. The van der Waals surface area contributed by atoms with E-state index in [0.717, 1.165) is 11.5 Å². The van der Waals surface area contributed by atoms with Crippen LogP contribution < -0.4 is 9.47 Å². The van der Waals surface area contributed by atoms with Gasteiger partial charge in [0, 0.05) is 12.4 Å². The van der Waals surface area contributed by atoms with Gasteiger partial charge in [0.05, 0.1) is 14.2 Å². The Morgan fingerprint density at radius 2 is 1.56 bits per heavy atom. The largest absolute Gasteiger partial charge is 0.491 e. The summed E-state index contributed by atoms with van der Waals surface area (Å²) >= 11 is 0. The zero-order chi connectivity index (χ0) is 6.69. The summed E-state index contributed by atoms with van der Waals surface area (Å²) in [4.78, 5) is 2.85. The van der Waals surface area contributed by atoms with Crippen LogP contribution in [0.5, 0.6) is 11.5 Å². The van der Waals surface area contributed by atoms with Gasteiger partial charge in [-0.15, -0.1) is 0 Å². The highest BCUT2D eigenvalue weighted by Crippen LogP contribution is 2.24.